The quantitative estimate of drug-likeness (QED) is 0.675. The first-order valence-electron chi connectivity index (χ1n) is 4.88. The number of furan rings is 1. The average Bonchev–Trinajstić information content (AvgIpc) is 2.69. The number of benzene rings is 1. The van der Waals surface area contributed by atoms with Crippen molar-refractivity contribution >= 4 is 15.9 Å². The maximum atomic E-state index is 13.6. The van der Waals surface area contributed by atoms with Crippen molar-refractivity contribution in [1.82, 2.24) is 5.43 Å². The molecule has 1 unspecified atom stereocenters. The summed E-state index contributed by atoms with van der Waals surface area (Å²) in [7, 11) is 0. The summed E-state index contributed by atoms with van der Waals surface area (Å²) >= 11 is 3.16. The van der Waals surface area contributed by atoms with Crippen LogP contribution in [0.5, 0.6) is 0 Å². The zero-order chi connectivity index (χ0) is 13.3. The van der Waals surface area contributed by atoms with Gasteiger partial charge < -0.3 is 4.42 Å². The minimum Gasteiger partial charge on any atom is -0.466 e. The SMILES string of the molecule is NNC(c1occc1Br)c1c(F)cc(F)cc1F. The second-order valence-corrected chi connectivity index (χ2v) is 4.37. The number of hydrazine groups is 1. The Labute approximate surface area is 109 Å². The first kappa shape index (κ1) is 13.1. The van der Waals surface area contributed by atoms with E-state index in [2.05, 4.69) is 21.4 Å². The van der Waals surface area contributed by atoms with Crippen molar-refractivity contribution < 1.29 is 17.6 Å². The third-order valence-electron chi connectivity index (χ3n) is 2.41. The number of hydrogen-bond donors (Lipinski definition) is 2. The molecule has 3 N–H and O–H groups in total. The van der Waals surface area contributed by atoms with Gasteiger partial charge in [-0.1, -0.05) is 0 Å². The fraction of sp³-hybridized carbons (Fsp3) is 0.0909. The Balaban J connectivity index is 2.56. The molecular formula is C11H8BrF3N2O. The second-order valence-electron chi connectivity index (χ2n) is 3.52. The predicted molar refractivity (Wildman–Crippen MR) is 61.9 cm³/mol. The third kappa shape index (κ3) is 2.29. The standard InChI is InChI=1S/C11H8BrF3N2O/c12-6-1-2-18-11(6)10(17-16)9-7(14)3-5(13)4-8(9)15/h1-4,10,17H,16H2. The Hall–Kier alpha value is -1.31. The summed E-state index contributed by atoms with van der Waals surface area (Å²) in [5, 5.41) is 0. The van der Waals surface area contributed by atoms with Gasteiger partial charge in [0, 0.05) is 17.7 Å². The molecule has 96 valence electrons. The Morgan fingerprint density at radius 1 is 1.22 bits per heavy atom. The van der Waals surface area contributed by atoms with Crippen LogP contribution in [0.25, 0.3) is 0 Å². The molecule has 7 heteroatoms. The summed E-state index contributed by atoms with van der Waals surface area (Å²) in [5.74, 6) is 2.40. The number of rotatable bonds is 3. The lowest BCUT2D eigenvalue weighted by atomic mass is 10.0. The molecule has 2 aromatic rings. The van der Waals surface area contributed by atoms with E-state index in [1.54, 1.807) is 6.07 Å². The fourth-order valence-electron chi connectivity index (χ4n) is 1.63. The molecule has 1 heterocycles. The van der Waals surface area contributed by atoms with Crippen LogP contribution in [0.1, 0.15) is 17.4 Å². The van der Waals surface area contributed by atoms with Gasteiger partial charge in [-0.2, -0.15) is 0 Å². The molecule has 0 spiro atoms. The van der Waals surface area contributed by atoms with Crippen LogP contribution in [0.3, 0.4) is 0 Å². The van der Waals surface area contributed by atoms with E-state index in [9.17, 15) is 13.2 Å². The van der Waals surface area contributed by atoms with Gasteiger partial charge in [0.05, 0.1) is 10.7 Å². The van der Waals surface area contributed by atoms with Crippen LogP contribution in [-0.4, -0.2) is 0 Å². The molecule has 0 amide bonds. The Bertz CT molecular complexity index is 550. The molecule has 0 radical (unpaired) electrons. The van der Waals surface area contributed by atoms with E-state index in [0.29, 0.717) is 16.6 Å². The lowest BCUT2D eigenvalue weighted by Gasteiger charge is -2.16. The summed E-state index contributed by atoms with van der Waals surface area (Å²) in [4.78, 5) is 0. The first-order chi connectivity index (χ1) is 8.54. The summed E-state index contributed by atoms with van der Waals surface area (Å²) in [6, 6.07) is 1.66. The lowest BCUT2D eigenvalue weighted by Crippen LogP contribution is -2.30. The molecule has 0 aliphatic rings. The van der Waals surface area contributed by atoms with Gasteiger partial charge in [0.15, 0.2) is 0 Å². The van der Waals surface area contributed by atoms with E-state index in [1.807, 2.05) is 0 Å². The maximum Gasteiger partial charge on any atom is 0.140 e. The van der Waals surface area contributed by atoms with Crippen LogP contribution in [0.2, 0.25) is 0 Å². The van der Waals surface area contributed by atoms with Gasteiger partial charge in [0.2, 0.25) is 0 Å². The second kappa shape index (κ2) is 5.13. The first-order valence-corrected chi connectivity index (χ1v) is 5.67. The van der Waals surface area contributed by atoms with E-state index >= 15 is 0 Å². The Kier molecular flexibility index (Phi) is 3.74. The van der Waals surface area contributed by atoms with Gasteiger partial charge in [0.1, 0.15) is 29.3 Å². The van der Waals surface area contributed by atoms with Crippen LogP contribution in [-0.2, 0) is 0 Å². The Morgan fingerprint density at radius 2 is 1.83 bits per heavy atom. The summed E-state index contributed by atoms with van der Waals surface area (Å²) in [6.45, 7) is 0. The van der Waals surface area contributed by atoms with Crippen LogP contribution in [0, 0.1) is 17.5 Å². The van der Waals surface area contributed by atoms with Crippen LogP contribution in [0.4, 0.5) is 13.2 Å². The van der Waals surface area contributed by atoms with Crippen LogP contribution in [0.15, 0.2) is 33.4 Å². The van der Waals surface area contributed by atoms with Crippen molar-refractivity contribution in [3.8, 4) is 0 Å². The highest BCUT2D eigenvalue weighted by Gasteiger charge is 2.26. The van der Waals surface area contributed by atoms with Crippen molar-refractivity contribution in [3.05, 3.63) is 57.7 Å². The molecule has 1 aromatic heterocycles. The highest BCUT2D eigenvalue weighted by Crippen LogP contribution is 2.32. The molecule has 0 fully saturated rings. The van der Waals surface area contributed by atoms with E-state index in [4.69, 9.17) is 10.3 Å². The molecule has 0 aliphatic carbocycles. The molecule has 0 saturated carbocycles. The molecule has 0 bridgehead atoms. The number of nitrogens with one attached hydrogen (secondary N) is 1. The molecule has 18 heavy (non-hydrogen) atoms. The Morgan fingerprint density at radius 3 is 2.28 bits per heavy atom. The maximum absolute atomic E-state index is 13.6. The summed E-state index contributed by atoms with van der Waals surface area (Å²) < 4.78 is 45.7. The highest BCUT2D eigenvalue weighted by molar-refractivity contribution is 9.10. The molecule has 3 nitrogen and oxygen atoms in total. The van der Waals surface area contributed by atoms with E-state index < -0.39 is 29.1 Å². The number of nitrogens with two attached hydrogens (primary N) is 1. The third-order valence-corrected chi connectivity index (χ3v) is 3.06. The van der Waals surface area contributed by atoms with Crippen LogP contribution >= 0.6 is 15.9 Å². The molecule has 1 aromatic carbocycles. The largest absolute Gasteiger partial charge is 0.466 e. The topological polar surface area (TPSA) is 51.2 Å². The van der Waals surface area contributed by atoms with Gasteiger partial charge in [-0.15, -0.1) is 0 Å². The van der Waals surface area contributed by atoms with Crippen molar-refractivity contribution in [2.24, 2.45) is 5.84 Å². The normalized spacial score (nSPS) is 12.7. The zero-order valence-corrected chi connectivity index (χ0v) is 10.5. The van der Waals surface area contributed by atoms with E-state index in [-0.39, 0.29) is 5.76 Å². The van der Waals surface area contributed by atoms with Gasteiger partial charge in [-0.25, -0.2) is 18.6 Å². The van der Waals surface area contributed by atoms with Gasteiger partial charge in [0.25, 0.3) is 0 Å². The van der Waals surface area contributed by atoms with Crippen molar-refractivity contribution in [3.63, 3.8) is 0 Å². The van der Waals surface area contributed by atoms with Crippen molar-refractivity contribution in [2.45, 2.75) is 6.04 Å². The fourth-order valence-corrected chi connectivity index (χ4v) is 2.06. The van der Waals surface area contributed by atoms with Gasteiger partial charge in [-0.3, -0.25) is 5.84 Å². The molecular weight excluding hydrogens is 313 g/mol. The molecule has 1 atom stereocenters. The predicted octanol–water partition coefficient (Wildman–Crippen LogP) is 3.01. The summed E-state index contributed by atoms with van der Waals surface area (Å²) in [6.07, 6.45) is 1.34. The minimum absolute atomic E-state index is 0.196. The summed E-state index contributed by atoms with van der Waals surface area (Å²) in [5.41, 5.74) is 1.83. The molecule has 2 rings (SSSR count). The van der Waals surface area contributed by atoms with Gasteiger partial charge in [-0.05, 0) is 22.0 Å². The zero-order valence-electron chi connectivity index (χ0n) is 8.88. The van der Waals surface area contributed by atoms with Crippen molar-refractivity contribution in [1.29, 1.82) is 0 Å². The monoisotopic (exact) mass is 320 g/mol. The van der Waals surface area contributed by atoms with E-state index in [1.165, 1.54) is 6.26 Å². The highest BCUT2D eigenvalue weighted by atomic mass is 79.9. The molecule has 0 saturated heterocycles. The van der Waals surface area contributed by atoms with E-state index in [0.717, 1.165) is 0 Å². The van der Waals surface area contributed by atoms with Gasteiger partial charge >= 0.3 is 0 Å². The number of halogens is 4. The minimum atomic E-state index is -1.06. The number of hydrogen-bond acceptors (Lipinski definition) is 3. The average molecular weight is 321 g/mol. The molecule has 0 aliphatic heterocycles. The lowest BCUT2D eigenvalue weighted by molar-refractivity contribution is 0.421. The van der Waals surface area contributed by atoms with Crippen molar-refractivity contribution in [2.75, 3.05) is 0 Å². The van der Waals surface area contributed by atoms with Crippen LogP contribution < -0.4 is 11.3 Å². The smallest absolute Gasteiger partial charge is 0.140 e.